The molecule has 184 valence electrons. The Hall–Kier alpha value is -3.78. The van der Waals surface area contributed by atoms with Gasteiger partial charge in [0, 0.05) is 52.8 Å². The molecule has 0 fully saturated rings. The van der Waals surface area contributed by atoms with Crippen LogP contribution in [-0.4, -0.2) is 44.8 Å². The van der Waals surface area contributed by atoms with Gasteiger partial charge in [-0.2, -0.15) is 0 Å². The molecule has 8 heteroatoms. The number of guanidine groups is 1. The summed E-state index contributed by atoms with van der Waals surface area (Å²) in [5.74, 6) is -0.121. The molecule has 0 aliphatic rings. The van der Waals surface area contributed by atoms with E-state index in [-0.39, 0.29) is 17.8 Å². The van der Waals surface area contributed by atoms with Crippen LogP contribution in [0.1, 0.15) is 46.1 Å². The number of rotatable bonds is 10. The lowest BCUT2D eigenvalue weighted by molar-refractivity contribution is 0.0971. The van der Waals surface area contributed by atoms with Crippen molar-refractivity contribution >= 4 is 27.8 Å². The molecule has 0 bridgehead atoms. The molecule has 0 saturated carbocycles. The summed E-state index contributed by atoms with van der Waals surface area (Å²) in [6.07, 6.45) is 7.67. The number of nitrogens with one attached hydrogen (secondary N) is 3. The predicted octanol–water partition coefficient (Wildman–Crippen LogP) is 5.39. The predicted molar refractivity (Wildman–Crippen MR) is 145 cm³/mol. The van der Waals surface area contributed by atoms with Gasteiger partial charge >= 0.3 is 0 Å². The minimum atomic E-state index is -0.284. The van der Waals surface area contributed by atoms with Crippen molar-refractivity contribution in [3.63, 3.8) is 0 Å². The quantitative estimate of drug-likeness (QED) is 0.184. The number of hydrogen-bond donors (Lipinski definition) is 3. The summed E-state index contributed by atoms with van der Waals surface area (Å²) in [7, 11) is 0. The zero-order valence-electron chi connectivity index (χ0n) is 19.9. The largest absolute Gasteiger partial charge is 0.348 e. The minimum absolute atomic E-state index is 0.0621. The lowest BCUT2D eigenvalue weighted by atomic mass is 9.92. The van der Waals surface area contributed by atoms with E-state index in [0.29, 0.717) is 18.7 Å². The second kappa shape index (κ2) is 12.8. The SMILES string of the molecule is N=C(NC(=O)c1ccccc1)N(CCCc1cnc[nH]1)CCC(c1ccc(Br)cc1)c1ccccn1. The Morgan fingerprint density at radius 2 is 1.81 bits per heavy atom. The van der Waals surface area contributed by atoms with E-state index in [1.807, 2.05) is 65.8 Å². The zero-order valence-corrected chi connectivity index (χ0v) is 21.5. The Morgan fingerprint density at radius 3 is 2.50 bits per heavy atom. The number of imidazole rings is 1. The summed E-state index contributed by atoms with van der Waals surface area (Å²) in [6, 6.07) is 23.2. The smallest absolute Gasteiger partial charge is 0.257 e. The van der Waals surface area contributed by atoms with Crippen LogP contribution in [0.2, 0.25) is 0 Å². The number of benzene rings is 2. The first-order valence-corrected chi connectivity index (χ1v) is 12.7. The van der Waals surface area contributed by atoms with E-state index in [1.54, 1.807) is 18.5 Å². The molecule has 4 aromatic rings. The summed E-state index contributed by atoms with van der Waals surface area (Å²) < 4.78 is 1.02. The molecule has 4 rings (SSSR count). The van der Waals surface area contributed by atoms with Gasteiger partial charge in [-0.25, -0.2) is 4.98 Å². The fraction of sp³-hybridized carbons (Fsp3) is 0.214. The van der Waals surface area contributed by atoms with Crippen LogP contribution >= 0.6 is 15.9 Å². The van der Waals surface area contributed by atoms with Crippen molar-refractivity contribution < 1.29 is 4.79 Å². The molecule has 7 nitrogen and oxygen atoms in total. The second-order valence-corrected chi connectivity index (χ2v) is 9.40. The first-order valence-electron chi connectivity index (χ1n) is 11.9. The first-order chi connectivity index (χ1) is 17.6. The molecular formula is C28H29BrN6O. The van der Waals surface area contributed by atoms with Crippen LogP contribution in [0.3, 0.4) is 0 Å². The number of pyridine rings is 1. The highest BCUT2D eigenvalue weighted by Crippen LogP contribution is 2.28. The first kappa shape index (κ1) is 25.3. The normalized spacial score (nSPS) is 11.6. The van der Waals surface area contributed by atoms with Crippen LogP contribution in [0, 0.1) is 5.41 Å². The summed E-state index contributed by atoms with van der Waals surface area (Å²) in [4.78, 5) is 26.5. The second-order valence-electron chi connectivity index (χ2n) is 8.48. The van der Waals surface area contributed by atoms with Gasteiger partial charge in [0.15, 0.2) is 5.96 Å². The number of halogens is 1. The molecule has 2 heterocycles. The molecule has 2 aromatic heterocycles. The fourth-order valence-electron chi connectivity index (χ4n) is 4.11. The number of carbonyl (C=O) groups excluding carboxylic acids is 1. The lowest BCUT2D eigenvalue weighted by Gasteiger charge is -2.27. The maximum absolute atomic E-state index is 12.7. The van der Waals surface area contributed by atoms with Crippen LogP contribution in [0.4, 0.5) is 0 Å². The topological polar surface area (TPSA) is 97.8 Å². The number of hydrogen-bond acceptors (Lipinski definition) is 4. The highest BCUT2D eigenvalue weighted by molar-refractivity contribution is 9.10. The van der Waals surface area contributed by atoms with Gasteiger partial charge in [0.05, 0.1) is 6.33 Å². The van der Waals surface area contributed by atoms with Crippen LogP contribution in [0.25, 0.3) is 0 Å². The molecule has 0 aliphatic heterocycles. The van der Waals surface area contributed by atoms with Crippen molar-refractivity contribution in [1.82, 2.24) is 25.2 Å². The van der Waals surface area contributed by atoms with E-state index >= 15 is 0 Å². The van der Waals surface area contributed by atoms with Crippen molar-refractivity contribution in [2.24, 2.45) is 0 Å². The van der Waals surface area contributed by atoms with E-state index in [4.69, 9.17) is 5.41 Å². The van der Waals surface area contributed by atoms with Crippen molar-refractivity contribution in [3.8, 4) is 0 Å². The molecule has 2 aromatic carbocycles. The third-order valence-electron chi connectivity index (χ3n) is 6.02. The van der Waals surface area contributed by atoms with Gasteiger partial charge in [0.25, 0.3) is 5.91 Å². The number of carbonyl (C=O) groups is 1. The lowest BCUT2D eigenvalue weighted by Crippen LogP contribution is -2.44. The molecular weight excluding hydrogens is 516 g/mol. The van der Waals surface area contributed by atoms with Crippen molar-refractivity contribution in [2.45, 2.75) is 25.2 Å². The third-order valence-corrected chi connectivity index (χ3v) is 6.55. The summed E-state index contributed by atoms with van der Waals surface area (Å²) in [6.45, 7) is 1.22. The van der Waals surface area contributed by atoms with Gasteiger partial charge in [-0.3, -0.25) is 20.5 Å². The van der Waals surface area contributed by atoms with Gasteiger partial charge < -0.3 is 9.88 Å². The maximum atomic E-state index is 12.7. The summed E-state index contributed by atoms with van der Waals surface area (Å²) in [5.41, 5.74) is 3.73. The van der Waals surface area contributed by atoms with Gasteiger partial charge in [0.2, 0.25) is 0 Å². The monoisotopic (exact) mass is 544 g/mol. The molecule has 0 spiro atoms. The number of aromatic nitrogens is 3. The zero-order chi connectivity index (χ0) is 25.2. The van der Waals surface area contributed by atoms with Crippen molar-refractivity contribution in [2.75, 3.05) is 13.1 Å². The fourth-order valence-corrected chi connectivity index (χ4v) is 4.38. The molecule has 3 N–H and O–H groups in total. The Labute approximate surface area is 219 Å². The van der Waals surface area contributed by atoms with Gasteiger partial charge in [-0.15, -0.1) is 0 Å². The van der Waals surface area contributed by atoms with Crippen LogP contribution < -0.4 is 5.32 Å². The van der Waals surface area contributed by atoms with E-state index in [9.17, 15) is 4.79 Å². The molecule has 1 amide bonds. The Bertz CT molecular complexity index is 1230. The Balaban J connectivity index is 1.49. The summed E-state index contributed by atoms with van der Waals surface area (Å²) >= 11 is 3.52. The maximum Gasteiger partial charge on any atom is 0.257 e. The Kier molecular flexibility index (Phi) is 8.99. The highest BCUT2D eigenvalue weighted by atomic mass is 79.9. The Morgan fingerprint density at radius 1 is 1.03 bits per heavy atom. The average molecular weight is 545 g/mol. The molecule has 0 radical (unpaired) electrons. The number of amides is 1. The van der Waals surface area contributed by atoms with E-state index in [1.165, 1.54) is 0 Å². The average Bonchev–Trinajstić information content (AvgIpc) is 3.43. The van der Waals surface area contributed by atoms with Gasteiger partial charge in [-0.1, -0.05) is 52.3 Å². The molecule has 0 aliphatic carbocycles. The number of aryl methyl sites for hydroxylation is 1. The number of aromatic amines is 1. The molecule has 1 unspecified atom stereocenters. The standard InChI is InChI=1S/C28H29BrN6O/c29-23-13-11-21(12-14-23)25(26-10-4-5-16-32-26)15-18-35(17-6-9-24-19-31-20-33-24)28(30)34-27(36)22-7-2-1-3-8-22/h1-5,7-8,10-14,16,19-20,25H,6,9,15,17-18H2,(H,31,33)(H2,30,34,36). The third kappa shape index (κ3) is 7.11. The highest BCUT2D eigenvalue weighted by Gasteiger charge is 2.20. The van der Waals surface area contributed by atoms with Gasteiger partial charge in [-0.05, 0) is 61.2 Å². The van der Waals surface area contributed by atoms with Crippen LogP contribution in [0.15, 0.2) is 96.0 Å². The number of nitrogens with zero attached hydrogens (tertiary/aromatic N) is 3. The van der Waals surface area contributed by atoms with Crippen molar-refractivity contribution in [1.29, 1.82) is 5.41 Å². The molecule has 1 atom stereocenters. The van der Waals surface area contributed by atoms with E-state index in [0.717, 1.165) is 40.7 Å². The van der Waals surface area contributed by atoms with E-state index < -0.39 is 0 Å². The van der Waals surface area contributed by atoms with Crippen LogP contribution in [-0.2, 0) is 6.42 Å². The van der Waals surface area contributed by atoms with E-state index in [2.05, 4.69) is 48.3 Å². The van der Waals surface area contributed by atoms with Crippen molar-refractivity contribution in [3.05, 3.63) is 119 Å². The van der Waals surface area contributed by atoms with Gasteiger partial charge in [0.1, 0.15) is 0 Å². The minimum Gasteiger partial charge on any atom is -0.348 e. The van der Waals surface area contributed by atoms with Crippen LogP contribution in [0.5, 0.6) is 0 Å². The molecule has 36 heavy (non-hydrogen) atoms. The number of H-pyrrole nitrogens is 1. The molecule has 0 saturated heterocycles. The summed E-state index contributed by atoms with van der Waals surface area (Å²) in [5, 5.41) is 11.5.